The van der Waals surface area contributed by atoms with Crippen molar-refractivity contribution >= 4 is 23.6 Å². The third kappa shape index (κ3) is 3.90. The Bertz CT molecular complexity index is 395. The molecule has 5 heteroatoms. The maximum Gasteiger partial charge on any atom is 0.246 e. The molecule has 0 aromatic carbocycles. The average molecular weight is 282 g/mol. The molecular weight excluding hydrogens is 260 g/mol. The molecule has 2 atom stereocenters. The van der Waals surface area contributed by atoms with Crippen molar-refractivity contribution in [3.63, 3.8) is 0 Å². The van der Waals surface area contributed by atoms with E-state index in [2.05, 4.69) is 11.2 Å². The molecule has 0 spiro atoms. The summed E-state index contributed by atoms with van der Waals surface area (Å²) in [5, 5.41) is 2.82. The van der Waals surface area contributed by atoms with E-state index in [9.17, 15) is 9.59 Å². The number of amides is 2. The lowest BCUT2D eigenvalue weighted by molar-refractivity contribution is -0.151. The average Bonchev–Trinajstić information content (AvgIpc) is 2.31. The molecule has 0 aromatic rings. The van der Waals surface area contributed by atoms with Crippen LogP contribution in [0.5, 0.6) is 0 Å². The van der Waals surface area contributed by atoms with Crippen LogP contribution < -0.4 is 5.32 Å². The number of terminal acetylenes is 1. The number of carbonyl (C=O) groups excluding carboxylic acids is 2. The zero-order valence-electron chi connectivity index (χ0n) is 12.0. The van der Waals surface area contributed by atoms with E-state index in [0.717, 1.165) is 5.75 Å². The van der Waals surface area contributed by atoms with E-state index >= 15 is 0 Å². The number of nitrogens with one attached hydrogen (secondary N) is 1. The number of nitrogens with zero attached hydrogens (tertiary/aromatic N) is 1. The summed E-state index contributed by atoms with van der Waals surface area (Å²) < 4.78 is 0. The van der Waals surface area contributed by atoms with Gasteiger partial charge in [0.05, 0.1) is 5.75 Å². The van der Waals surface area contributed by atoms with Crippen LogP contribution in [0.2, 0.25) is 0 Å². The van der Waals surface area contributed by atoms with Gasteiger partial charge < -0.3 is 10.2 Å². The lowest BCUT2D eigenvalue weighted by Crippen LogP contribution is -2.66. The smallest absolute Gasteiger partial charge is 0.246 e. The summed E-state index contributed by atoms with van der Waals surface area (Å²) in [6.07, 6.45) is 5.19. The monoisotopic (exact) mass is 282 g/mol. The van der Waals surface area contributed by atoms with Crippen molar-refractivity contribution in [3.05, 3.63) is 0 Å². The topological polar surface area (TPSA) is 49.4 Å². The summed E-state index contributed by atoms with van der Waals surface area (Å²) in [5.41, 5.74) is -0.281. The number of carbonyl (C=O) groups is 2. The first kappa shape index (κ1) is 15.9. The van der Waals surface area contributed by atoms with Crippen molar-refractivity contribution < 1.29 is 9.59 Å². The highest BCUT2D eigenvalue weighted by molar-refractivity contribution is 7.99. The number of hydrogen-bond donors (Lipinski definition) is 1. The number of thioether (sulfide) groups is 1. The molecule has 1 heterocycles. The quantitative estimate of drug-likeness (QED) is 0.621. The van der Waals surface area contributed by atoms with Gasteiger partial charge in [0.15, 0.2) is 0 Å². The van der Waals surface area contributed by atoms with Crippen molar-refractivity contribution in [1.29, 1.82) is 0 Å². The van der Waals surface area contributed by atoms with Crippen molar-refractivity contribution in [3.8, 4) is 12.3 Å². The minimum Gasteiger partial charge on any atom is -0.342 e. The molecule has 1 N–H and O–H groups in total. The van der Waals surface area contributed by atoms with E-state index in [0.29, 0.717) is 12.3 Å². The van der Waals surface area contributed by atoms with Crippen molar-refractivity contribution in [2.24, 2.45) is 5.41 Å². The van der Waals surface area contributed by atoms with E-state index in [1.54, 1.807) is 23.6 Å². The Morgan fingerprint density at radius 3 is 2.58 bits per heavy atom. The van der Waals surface area contributed by atoms with Gasteiger partial charge in [-0.1, -0.05) is 26.7 Å². The van der Waals surface area contributed by atoms with Crippen LogP contribution in [0.3, 0.4) is 0 Å². The molecule has 1 aliphatic heterocycles. The van der Waals surface area contributed by atoms with Crippen LogP contribution in [0.15, 0.2) is 0 Å². The fourth-order valence-electron chi connectivity index (χ4n) is 2.01. The van der Waals surface area contributed by atoms with E-state index in [1.165, 1.54) is 0 Å². The summed E-state index contributed by atoms with van der Waals surface area (Å²) >= 11 is 1.60. The van der Waals surface area contributed by atoms with Gasteiger partial charge in [0.25, 0.3) is 0 Å². The highest BCUT2D eigenvalue weighted by Crippen LogP contribution is 2.25. The highest BCUT2D eigenvalue weighted by Gasteiger charge is 2.43. The van der Waals surface area contributed by atoms with Crippen LogP contribution in [-0.2, 0) is 9.59 Å². The van der Waals surface area contributed by atoms with Crippen LogP contribution in [0.4, 0.5) is 0 Å². The molecule has 2 amide bonds. The lowest BCUT2D eigenvalue weighted by atomic mass is 9.84. The Hall–Kier alpha value is -1.15. The fraction of sp³-hybridized carbons (Fsp3) is 0.714. The van der Waals surface area contributed by atoms with Crippen molar-refractivity contribution in [2.75, 3.05) is 18.1 Å². The normalized spacial score (nSPS) is 24.1. The predicted octanol–water partition coefficient (Wildman–Crippen LogP) is 1.11. The first-order chi connectivity index (χ1) is 8.79. The predicted molar refractivity (Wildman–Crippen MR) is 78.7 cm³/mol. The Labute approximate surface area is 119 Å². The summed E-state index contributed by atoms with van der Waals surface area (Å²) in [7, 11) is 0. The van der Waals surface area contributed by atoms with Gasteiger partial charge in [-0.2, -0.15) is 0 Å². The molecule has 19 heavy (non-hydrogen) atoms. The molecule has 0 radical (unpaired) electrons. The Morgan fingerprint density at radius 1 is 1.42 bits per heavy atom. The second kappa shape index (κ2) is 6.33. The molecule has 0 bridgehead atoms. The first-order valence-electron chi connectivity index (χ1n) is 6.41. The van der Waals surface area contributed by atoms with E-state index in [4.69, 9.17) is 6.42 Å². The van der Waals surface area contributed by atoms with Crippen molar-refractivity contribution in [2.45, 2.75) is 39.8 Å². The zero-order valence-corrected chi connectivity index (χ0v) is 12.8. The second-order valence-electron chi connectivity index (χ2n) is 5.77. The van der Waals surface area contributed by atoms with E-state index in [1.807, 2.05) is 20.8 Å². The van der Waals surface area contributed by atoms with Gasteiger partial charge >= 0.3 is 0 Å². The van der Waals surface area contributed by atoms with Gasteiger partial charge in [-0.3, -0.25) is 9.59 Å². The minimum atomic E-state index is -0.450. The number of hydrogen-bond acceptors (Lipinski definition) is 3. The summed E-state index contributed by atoms with van der Waals surface area (Å²) in [6.45, 7) is 8.19. The van der Waals surface area contributed by atoms with E-state index in [-0.39, 0.29) is 17.2 Å². The Balaban J connectivity index is 2.74. The van der Waals surface area contributed by atoms with Crippen LogP contribution in [0.25, 0.3) is 0 Å². The molecule has 106 valence electrons. The van der Waals surface area contributed by atoms with Gasteiger partial charge in [-0.15, -0.1) is 18.2 Å². The highest BCUT2D eigenvalue weighted by atomic mass is 32.2. The third-order valence-corrected chi connectivity index (χ3v) is 4.03. The molecule has 2 unspecified atom stereocenters. The van der Waals surface area contributed by atoms with Crippen LogP contribution in [0.1, 0.15) is 27.7 Å². The largest absolute Gasteiger partial charge is 0.342 e. The molecule has 1 saturated heterocycles. The van der Waals surface area contributed by atoms with Crippen LogP contribution >= 0.6 is 11.8 Å². The lowest BCUT2D eigenvalue weighted by Gasteiger charge is -2.42. The maximum atomic E-state index is 12.5. The zero-order chi connectivity index (χ0) is 14.6. The molecule has 1 aliphatic rings. The summed E-state index contributed by atoms with van der Waals surface area (Å²) in [6, 6.07) is -0.855. The fourth-order valence-corrected chi connectivity index (χ4v) is 2.60. The van der Waals surface area contributed by atoms with Crippen molar-refractivity contribution in [1.82, 2.24) is 10.2 Å². The summed E-state index contributed by atoms with van der Waals surface area (Å²) in [5.74, 6) is 3.85. The van der Waals surface area contributed by atoms with E-state index < -0.39 is 12.1 Å². The minimum absolute atomic E-state index is 0.000840. The first-order valence-corrected chi connectivity index (χ1v) is 7.56. The third-order valence-electron chi connectivity index (χ3n) is 3.19. The van der Waals surface area contributed by atoms with Gasteiger partial charge in [0, 0.05) is 12.3 Å². The molecule has 0 aliphatic carbocycles. The van der Waals surface area contributed by atoms with Gasteiger partial charge in [-0.05, 0) is 12.3 Å². The molecule has 0 aromatic heterocycles. The molecule has 1 rings (SSSR count). The van der Waals surface area contributed by atoms with Crippen LogP contribution in [0, 0.1) is 17.8 Å². The molecular formula is C14H22N2O2S. The SMILES string of the molecule is C#CCSCCN1C(=O)C(C(C)(C)C)NC(=O)C1C. The molecule has 4 nitrogen and oxygen atoms in total. The van der Waals surface area contributed by atoms with Crippen LogP contribution in [-0.4, -0.2) is 46.8 Å². The molecule has 1 fully saturated rings. The summed E-state index contributed by atoms with van der Waals surface area (Å²) in [4.78, 5) is 26.1. The maximum absolute atomic E-state index is 12.5. The van der Waals surface area contributed by atoms with Gasteiger partial charge in [0.1, 0.15) is 12.1 Å². The Kier molecular flexibility index (Phi) is 5.30. The molecule has 0 saturated carbocycles. The second-order valence-corrected chi connectivity index (χ2v) is 6.88. The standard InChI is InChI=1S/C14H22N2O2S/c1-6-8-19-9-7-16-10(2)12(17)15-11(13(16)18)14(3,4)5/h1,10-11H,7-9H2,2-5H3,(H,15,17). The van der Waals surface area contributed by atoms with Gasteiger partial charge in [-0.25, -0.2) is 0 Å². The number of rotatable bonds is 4. The Morgan fingerprint density at radius 2 is 2.05 bits per heavy atom. The van der Waals surface area contributed by atoms with Gasteiger partial charge in [0.2, 0.25) is 11.8 Å². The number of piperazine rings is 1.